The first-order chi connectivity index (χ1) is 9.01. The van der Waals surface area contributed by atoms with Crippen LogP contribution in [-0.2, 0) is 6.42 Å². The van der Waals surface area contributed by atoms with Gasteiger partial charge < -0.3 is 0 Å². The average Bonchev–Trinajstić information content (AvgIpc) is 2.70. The van der Waals surface area contributed by atoms with Crippen LogP contribution in [0, 0.1) is 5.82 Å². The SMILES string of the molecule is NNC(Cc1ccc(F)c(Cl)c1)c1cc(Cl)sc1Cl. The summed E-state index contributed by atoms with van der Waals surface area (Å²) in [7, 11) is 0. The van der Waals surface area contributed by atoms with E-state index in [9.17, 15) is 4.39 Å². The van der Waals surface area contributed by atoms with E-state index in [1.165, 1.54) is 17.4 Å². The highest BCUT2D eigenvalue weighted by atomic mass is 35.5. The predicted octanol–water partition coefficient (Wildman–Crippen LogP) is 4.59. The van der Waals surface area contributed by atoms with Gasteiger partial charge >= 0.3 is 0 Å². The lowest BCUT2D eigenvalue weighted by atomic mass is 10.0. The van der Waals surface area contributed by atoms with Crippen molar-refractivity contribution in [2.24, 2.45) is 5.84 Å². The van der Waals surface area contributed by atoms with E-state index in [0.717, 1.165) is 11.1 Å². The van der Waals surface area contributed by atoms with Crippen molar-refractivity contribution < 1.29 is 4.39 Å². The van der Waals surface area contributed by atoms with Gasteiger partial charge in [-0.15, -0.1) is 11.3 Å². The maximum Gasteiger partial charge on any atom is 0.141 e. The fraction of sp³-hybridized carbons (Fsp3) is 0.167. The molecule has 0 aliphatic rings. The molecular weight excluding hydrogens is 330 g/mol. The zero-order chi connectivity index (χ0) is 14.0. The monoisotopic (exact) mass is 338 g/mol. The molecule has 1 heterocycles. The third-order valence-electron chi connectivity index (χ3n) is 2.68. The number of halogens is 4. The van der Waals surface area contributed by atoms with Crippen molar-refractivity contribution in [2.45, 2.75) is 12.5 Å². The van der Waals surface area contributed by atoms with Crippen LogP contribution in [0.5, 0.6) is 0 Å². The van der Waals surface area contributed by atoms with E-state index in [2.05, 4.69) is 5.43 Å². The molecule has 0 spiro atoms. The summed E-state index contributed by atoms with van der Waals surface area (Å²) in [6.07, 6.45) is 0.531. The van der Waals surface area contributed by atoms with Crippen molar-refractivity contribution in [3.63, 3.8) is 0 Å². The first-order valence-corrected chi connectivity index (χ1v) is 7.31. The minimum atomic E-state index is -0.445. The second-order valence-electron chi connectivity index (χ2n) is 3.95. The molecule has 102 valence electrons. The van der Waals surface area contributed by atoms with Crippen LogP contribution in [0.1, 0.15) is 17.2 Å². The first kappa shape index (κ1) is 15.0. The van der Waals surface area contributed by atoms with Gasteiger partial charge in [-0.1, -0.05) is 40.9 Å². The van der Waals surface area contributed by atoms with Crippen LogP contribution in [0.3, 0.4) is 0 Å². The Kier molecular flexibility index (Phi) is 5.06. The molecule has 0 amide bonds. The number of hydrogen-bond acceptors (Lipinski definition) is 3. The summed E-state index contributed by atoms with van der Waals surface area (Å²) in [6.45, 7) is 0. The Morgan fingerprint density at radius 1 is 1.26 bits per heavy atom. The van der Waals surface area contributed by atoms with E-state index in [-0.39, 0.29) is 11.1 Å². The maximum atomic E-state index is 13.1. The lowest BCUT2D eigenvalue weighted by Crippen LogP contribution is -2.29. The van der Waals surface area contributed by atoms with Crippen LogP contribution in [0.15, 0.2) is 24.3 Å². The van der Waals surface area contributed by atoms with Gasteiger partial charge in [0.05, 0.1) is 19.7 Å². The van der Waals surface area contributed by atoms with Gasteiger partial charge in [0.25, 0.3) is 0 Å². The number of nitrogens with one attached hydrogen (secondary N) is 1. The zero-order valence-corrected chi connectivity index (χ0v) is 12.7. The van der Waals surface area contributed by atoms with Crippen LogP contribution in [0.4, 0.5) is 4.39 Å². The molecule has 19 heavy (non-hydrogen) atoms. The summed E-state index contributed by atoms with van der Waals surface area (Å²) in [5.41, 5.74) is 4.36. The van der Waals surface area contributed by atoms with Crippen LogP contribution in [0.2, 0.25) is 13.7 Å². The molecule has 2 rings (SSSR count). The van der Waals surface area contributed by atoms with E-state index in [1.807, 2.05) is 0 Å². The Balaban J connectivity index is 2.23. The Bertz CT molecular complexity index is 588. The normalized spacial score (nSPS) is 12.7. The van der Waals surface area contributed by atoms with Crippen molar-refractivity contribution in [1.29, 1.82) is 0 Å². The number of nitrogens with two attached hydrogens (primary N) is 1. The van der Waals surface area contributed by atoms with Crippen LogP contribution in [-0.4, -0.2) is 0 Å². The van der Waals surface area contributed by atoms with Gasteiger partial charge in [0, 0.05) is 5.56 Å². The second kappa shape index (κ2) is 6.39. The molecule has 1 aromatic heterocycles. The number of hydrogen-bond donors (Lipinski definition) is 2. The Morgan fingerprint density at radius 2 is 2.00 bits per heavy atom. The minimum Gasteiger partial charge on any atom is -0.271 e. The summed E-state index contributed by atoms with van der Waals surface area (Å²) in [5, 5.41) is 0.0859. The second-order valence-corrected chi connectivity index (χ2v) is 6.64. The molecular formula is C12H10Cl3FN2S. The van der Waals surface area contributed by atoms with Gasteiger partial charge in [0.15, 0.2) is 0 Å². The summed E-state index contributed by atoms with van der Waals surface area (Å²) in [4.78, 5) is 0. The summed E-state index contributed by atoms with van der Waals surface area (Å²) < 4.78 is 14.3. The van der Waals surface area contributed by atoms with Gasteiger partial charge in [-0.05, 0) is 30.2 Å². The third-order valence-corrected chi connectivity index (χ3v) is 4.49. The fourth-order valence-electron chi connectivity index (χ4n) is 1.75. The lowest BCUT2D eigenvalue weighted by molar-refractivity contribution is 0.552. The van der Waals surface area contributed by atoms with Crippen molar-refractivity contribution in [2.75, 3.05) is 0 Å². The molecule has 1 aromatic carbocycles. The van der Waals surface area contributed by atoms with Gasteiger partial charge in [0.2, 0.25) is 0 Å². The zero-order valence-electron chi connectivity index (χ0n) is 9.59. The van der Waals surface area contributed by atoms with Crippen LogP contribution in [0.25, 0.3) is 0 Å². The molecule has 0 aliphatic heterocycles. The first-order valence-electron chi connectivity index (χ1n) is 5.36. The number of hydrazine groups is 1. The van der Waals surface area contributed by atoms with E-state index in [0.29, 0.717) is 15.1 Å². The Labute approximate surface area is 129 Å². The molecule has 0 radical (unpaired) electrons. The van der Waals surface area contributed by atoms with Crippen molar-refractivity contribution >= 4 is 46.1 Å². The minimum absolute atomic E-state index is 0.0859. The summed E-state index contributed by atoms with van der Waals surface area (Å²) in [6, 6.07) is 6.12. The highest BCUT2D eigenvalue weighted by Gasteiger charge is 2.17. The lowest BCUT2D eigenvalue weighted by Gasteiger charge is -2.15. The summed E-state index contributed by atoms with van der Waals surface area (Å²) in [5.74, 6) is 5.10. The molecule has 1 atom stereocenters. The fourth-order valence-corrected chi connectivity index (χ4v) is 3.53. The third kappa shape index (κ3) is 3.60. The van der Waals surface area contributed by atoms with E-state index >= 15 is 0 Å². The van der Waals surface area contributed by atoms with Gasteiger partial charge in [-0.25, -0.2) is 4.39 Å². The van der Waals surface area contributed by atoms with Crippen molar-refractivity contribution in [1.82, 2.24) is 5.43 Å². The molecule has 2 aromatic rings. The average molecular weight is 340 g/mol. The van der Waals surface area contributed by atoms with Crippen molar-refractivity contribution in [3.8, 4) is 0 Å². The molecule has 7 heteroatoms. The van der Waals surface area contributed by atoms with E-state index in [4.69, 9.17) is 40.6 Å². The summed E-state index contributed by atoms with van der Waals surface area (Å²) >= 11 is 19.0. The highest BCUT2D eigenvalue weighted by molar-refractivity contribution is 7.20. The Morgan fingerprint density at radius 3 is 2.53 bits per heavy atom. The molecule has 2 nitrogen and oxygen atoms in total. The van der Waals surface area contributed by atoms with Gasteiger partial charge in [-0.3, -0.25) is 11.3 Å². The van der Waals surface area contributed by atoms with Crippen LogP contribution >= 0.6 is 46.1 Å². The standard InChI is InChI=1S/C12H10Cl3FN2S/c13-8-3-6(1-2-9(8)16)4-10(18-17)7-5-11(14)19-12(7)15/h1-3,5,10,18H,4,17H2. The molecule has 0 bridgehead atoms. The molecule has 1 unspecified atom stereocenters. The van der Waals surface area contributed by atoms with Crippen molar-refractivity contribution in [3.05, 3.63) is 54.9 Å². The molecule has 0 aliphatic carbocycles. The van der Waals surface area contributed by atoms with Gasteiger partial charge in [0.1, 0.15) is 5.82 Å². The number of thiophene rings is 1. The topological polar surface area (TPSA) is 38.0 Å². The largest absolute Gasteiger partial charge is 0.271 e. The molecule has 0 fully saturated rings. The van der Waals surface area contributed by atoms with Gasteiger partial charge in [-0.2, -0.15) is 0 Å². The predicted molar refractivity (Wildman–Crippen MR) is 79.5 cm³/mol. The molecule has 3 N–H and O–H groups in total. The van der Waals surface area contributed by atoms with E-state index in [1.54, 1.807) is 18.2 Å². The van der Waals surface area contributed by atoms with E-state index < -0.39 is 5.82 Å². The maximum absolute atomic E-state index is 13.1. The smallest absolute Gasteiger partial charge is 0.141 e. The molecule has 0 saturated heterocycles. The van der Waals surface area contributed by atoms with Crippen LogP contribution < -0.4 is 11.3 Å². The highest BCUT2D eigenvalue weighted by Crippen LogP contribution is 2.36. The quantitative estimate of drug-likeness (QED) is 0.631. The number of rotatable bonds is 4. The number of benzene rings is 1. The Hall–Kier alpha value is -0.360. The molecule has 0 saturated carbocycles.